The predicted octanol–water partition coefficient (Wildman–Crippen LogP) is -1.93. The molecular weight excluding hydrogens is 158 g/mol. The summed E-state index contributed by atoms with van der Waals surface area (Å²) < 4.78 is 0. The fourth-order valence-corrected chi connectivity index (χ4v) is 0.874. The van der Waals surface area contributed by atoms with Gasteiger partial charge in [0.25, 0.3) is 0 Å². The van der Waals surface area contributed by atoms with Crippen molar-refractivity contribution in [1.29, 1.82) is 0 Å². The van der Waals surface area contributed by atoms with Crippen LogP contribution < -0.4 is 16.0 Å². The van der Waals surface area contributed by atoms with Crippen LogP contribution in [0.2, 0.25) is 0 Å². The van der Waals surface area contributed by atoms with Crippen LogP contribution in [0.3, 0.4) is 0 Å². The molecule has 1 heterocycles. The van der Waals surface area contributed by atoms with Gasteiger partial charge in [0.2, 0.25) is 11.8 Å². The lowest BCUT2D eigenvalue weighted by Gasteiger charge is -2.25. The first-order valence-electron chi connectivity index (χ1n) is 3.93. The minimum absolute atomic E-state index is 0.0441. The molecule has 0 radical (unpaired) electrons. The zero-order valence-electron chi connectivity index (χ0n) is 7.02. The van der Waals surface area contributed by atoms with Crippen molar-refractivity contribution in [2.45, 2.75) is 0 Å². The minimum atomic E-state index is -0.171. The lowest BCUT2D eigenvalue weighted by atomic mass is 10.0. The normalized spacial score (nSPS) is 16.4. The average Bonchev–Trinajstić information content (AvgIpc) is 1.97. The Bertz CT molecular complexity index is 189. The van der Waals surface area contributed by atoms with E-state index < -0.39 is 0 Å². The van der Waals surface area contributed by atoms with E-state index in [0.29, 0.717) is 0 Å². The molecule has 0 atom stereocenters. The zero-order chi connectivity index (χ0) is 8.97. The van der Waals surface area contributed by atoms with Crippen LogP contribution in [0, 0.1) is 5.92 Å². The molecule has 0 bridgehead atoms. The molecule has 0 aliphatic carbocycles. The van der Waals surface area contributed by atoms with Crippen LogP contribution in [-0.4, -0.2) is 38.5 Å². The van der Waals surface area contributed by atoms with Crippen LogP contribution in [0.15, 0.2) is 0 Å². The van der Waals surface area contributed by atoms with Gasteiger partial charge in [0.05, 0.1) is 12.5 Å². The van der Waals surface area contributed by atoms with Crippen LogP contribution in [0.1, 0.15) is 0 Å². The van der Waals surface area contributed by atoms with Crippen LogP contribution >= 0.6 is 0 Å². The molecule has 5 nitrogen and oxygen atoms in total. The van der Waals surface area contributed by atoms with Crippen LogP contribution in [0.4, 0.5) is 0 Å². The fraction of sp³-hybridized carbons (Fsp3) is 0.714. The number of rotatable bonds is 3. The molecule has 1 aliphatic rings. The molecule has 0 aromatic carbocycles. The number of carbonyl (C=O) groups is 2. The molecule has 0 unspecified atom stereocenters. The molecule has 1 aliphatic heterocycles. The lowest BCUT2D eigenvalue weighted by molar-refractivity contribution is -0.129. The topological polar surface area (TPSA) is 70.2 Å². The summed E-state index contributed by atoms with van der Waals surface area (Å²) in [5, 5.41) is 7.95. The third kappa shape index (κ3) is 2.20. The quantitative estimate of drug-likeness (QED) is 0.463. The maximum atomic E-state index is 11.1. The summed E-state index contributed by atoms with van der Waals surface area (Å²) >= 11 is 0. The first-order chi connectivity index (χ1) is 5.74. The highest BCUT2D eigenvalue weighted by Crippen LogP contribution is 2.01. The largest absolute Gasteiger partial charge is 0.358 e. The van der Waals surface area contributed by atoms with Gasteiger partial charge in [-0.3, -0.25) is 9.59 Å². The Morgan fingerprint density at radius 1 is 1.50 bits per heavy atom. The smallest absolute Gasteiger partial charge is 0.239 e. The van der Waals surface area contributed by atoms with Gasteiger partial charge < -0.3 is 16.0 Å². The summed E-state index contributed by atoms with van der Waals surface area (Å²) in [7, 11) is 1.54. The van der Waals surface area contributed by atoms with Gasteiger partial charge in [-0.05, 0) is 0 Å². The van der Waals surface area contributed by atoms with Crippen molar-refractivity contribution >= 4 is 11.8 Å². The van der Waals surface area contributed by atoms with Crippen molar-refractivity contribution in [2.24, 2.45) is 5.92 Å². The predicted molar refractivity (Wildman–Crippen MR) is 43.4 cm³/mol. The van der Waals surface area contributed by atoms with Crippen molar-refractivity contribution in [3.05, 3.63) is 0 Å². The Morgan fingerprint density at radius 3 is 2.58 bits per heavy atom. The summed E-state index contributed by atoms with van der Waals surface area (Å²) in [5.74, 6) is -0.164. The second-order valence-electron chi connectivity index (χ2n) is 2.75. The average molecular weight is 171 g/mol. The van der Waals surface area contributed by atoms with E-state index in [-0.39, 0.29) is 24.3 Å². The van der Waals surface area contributed by atoms with Gasteiger partial charge in [0.1, 0.15) is 0 Å². The Kier molecular flexibility index (Phi) is 3.04. The van der Waals surface area contributed by atoms with Crippen molar-refractivity contribution in [3.63, 3.8) is 0 Å². The lowest BCUT2D eigenvalue weighted by Crippen LogP contribution is -2.52. The molecule has 1 saturated heterocycles. The molecule has 0 aromatic rings. The van der Waals surface area contributed by atoms with E-state index in [1.54, 1.807) is 7.05 Å². The Morgan fingerprint density at radius 2 is 2.17 bits per heavy atom. The summed E-state index contributed by atoms with van der Waals surface area (Å²) in [5.41, 5.74) is 0. The molecule has 3 N–H and O–H groups in total. The van der Waals surface area contributed by atoms with E-state index in [1.165, 1.54) is 0 Å². The molecule has 12 heavy (non-hydrogen) atoms. The molecule has 0 saturated carbocycles. The van der Waals surface area contributed by atoms with Crippen LogP contribution in [-0.2, 0) is 9.59 Å². The summed E-state index contributed by atoms with van der Waals surface area (Å²) in [6.45, 7) is 1.52. The summed E-state index contributed by atoms with van der Waals surface area (Å²) in [4.78, 5) is 21.8. The summed E-state index contributed by atoms with van der Waals surface area (Å²) in [6, 6.07) is 0. The second kappa shape index (κ2) is 4.06. The number of carbonyl (C=O) groups excluding carboxylic acids is 2. The molecule has 1 rings (SSSR count). The SMILES string of the molecule is CNC(=O)CNC(=O)C1CNC1. The van der Waals surface area contributed by atoms with Gasteiger partial charge in [-0.15, -0.1) is 0 Å². The van der Waals surface area contributed by atoms with Crippen molar-refractivity contribution in [2.75, 3.05) is 26.7 Å². The van der Waals surface area contributed by atoms with E-state index >= 15 is 0 Å². The van der Waals surface area contributed by atoms with Gasteiger partial charge in [0, 0.05) is 20.1 Å². The van der Waals surface area contributed by atoms with Crippen molar-refractivity contribution in [3.8, 4) is 0 Å². The van der Waals surface area contributed by atoms with Crippen LogP contribution in [0.5, 0.6) is 0 Å². The first kappa shape index (κ1) is 8.99. The third-order valence-electron chi connectivity index (χ3n) is 1.85. The van der Waals surface area contributed by atoms with Gasteiger partial charge in [-0.2, -0.15) is 0 Å². The highest BCUT2D eigenvalue weighted by Gasteiger charge is 2.24. The number of hydrogen-bond acceptors (Lipinski definition) is 3. The highest BCUT2D eigenvalue weighted by atomic mass is 16.2. The van der Waals surface area contributed by atoms with E-state index in [0.717, 1.165) is 13.1 Å². The van der Waals surface area contributed by atoms with Crippen LogP contribution in [0.25, 0.3) is 0 Å². The second-order valence-corrected chi connectivity index (χ2v) is 2.75. The highest BCUT2D eigenvalue weighted by molar-refractivity contribution is 5.86. The standard InChI is InChI=1S/C7H13N3O2/c1-8-6(11)4-10-7(12)5-2-9-3-5/h5,9H,2-4H2,1H3,(H,8,11)(H,10,12). The number of nitrogens with one attached hydrogen (secondary N) is 3. The molecule has 68 valence electrons. The Labute approximate surface area is 70.9 Å². The van der Waals surface area contributed by atoms with Crippen molar-refractivity contribution in [1.82, 2.24) is 16.0 Å². The monoisotopic (exact) mass is 171 g/mol. The molecule has 5 heteroatoms. The van der Waals surface area contributed by atoms with E-state index in [4.69, 9.17) is 0 Å². The number of hydrogen-bond donors (Lipinski definition) is 3. The summed E-state index contributed by atoms with van der Waals surface area (Å²) in [6.07, 6.45) is 0. The maximum absolute atomic E-state index is 11.1. The van der Waals surface area contributed by atoms with Gasteiger partial charge in [-0.1, -0.05) is 0 Å². The van der Waals surface area contributed by atoms with E-state index in [2.05, 4.69) is 16.0 Å². The van der Waals surface area contributed by atoms with Gasteiger partial charge in [0.15, 0.2) is 0 Å². The zero-order valence-corrected chi connectivity index (χ0v) is 7.02. The van der Waals surface area contributed by atoms with E-state index in [9.17, 15) is 9.59 Å². The fourth-order valence-electron chi connectivity index (χ4n) is 0.874. The van der Waals surface area contributed by atoms with E-state index in [1.807, 2.05) is 0 Å². The Hall–Kier alpha value is -1.10. The minimum Gasteiger partial charge on any atom is -0.358 e. The third-order valence-corrected chi connectivity index (χ3v) is 1.85. The molecular formula is C7H13N3O2. The van der Waals surface area contributed by atoms with Gasteiger partial charge >= 0.3 is 0 Å². The first-order valence-corrected chi connectivity index (χ1v) is 3.93. The Balaban J connectivity index is 2.13. The number of amides is 2. The van der Waals surface area contributed by atoms with Crippen molar-refractivity contribution < 1.29 is 9.59 Å². The molecule has 0 spiro atoms. The molecule has 0 aromatic heterocycles. The van der Waals surface area contributed by atoms with Gasteiger partial charge in [-0.25, -0.2) is 0 Å². The number of likely N-dealkylation sites (N-methyl/N-ethyl adjacent to an activating group) is 1. The molecule has 1 fully saturated rings. The molecule has 2 amide bonds. The maximum Gasteiger partial charge on any atom is 0.239 e.